The van der Waals surface area contributed by atoms with Crippen LogP contribution in [0.5, 0.6) is 0 Å². The van der Waals surface area contributed by atoms with E-state index in [4.69, 9.17) is 0 Å². The van der Waals surface area contributed by atoms with Gasteiger partial charge in [-0.3, -0.25) is 0 Å². The van der Waals surface area contributed by atoms with Crippen molar-refractivity contribution >= 4 is 31.9 Å². The largest absolute Gasteiger partial charge is 0.0979 e. The van der Waals surface area contributed by atoms with Crippen molar-refractivity contribution in [2.45, 2.75) is 26.7 Å². The molecule has 0 aliphatic carbocycles. The molecule has 0 saturated heterocycles. The minimum Gasteiger partial charge on any atom is -0.0979 e. The van der Waals surface area contributed by atoms with Gasteiger partial charge in [0, 0.05) is 8.96 Å². The van der Waals surface area contributed by atoms with Gasteiger partial charge < -0.3 is 0 Å². The maximum absolute atomic E-state index is 3.67. The molecule has 2 heteroatoms. The van der Waals surface area contributed by atoms with Crippen LogP contribution in [-0.4, -0.2) is 0 Å². The first-order chi connectivity index (χ1) is 5.07. The Morgan fingerprint density at radius 2 is 2.00 bits per heavy atom. The summed E-state index contributed by atoms with van der Waals surface area (Å²) in [6, 6.07) is 0. The van der Waals surface area contributed by atoms with E-state index < -0.39 is 0 Å². The van der Waals surface area contributed by atoms with Crippen molar-refractivity contribution in [1.82, 2.24) is 0 Å². The molecule has 0 heterocycles. The number of halogens is 2. The van der Waals surface area contributed by atoms with E-state index in [0.717, 1.165) is 16.8 Å². The van der Waals surface area contributed by atoms with Crippen molar-refractivity contribution in [2.75, 3.05) is 0 Å². The van der Waals surface area contributed by atoms with E-state index in [2.05, 4.69) is 52.3 Å². The molecular formula is C9H14Br2. The molecule has 64 valence electrons. The van der Waals surface area contributed by atoms with Crippen LogP contribution in [0.2, 0.25) is 0 Å². The normalized spacial score (nSPS) is 13.2. The molecule has 0 unspecified atom stereocenters. The summed E-state index contributed by atoms with van der Waals surface area (Å²) >= 11 is 6.90. The van der Waals surface area contributed by atoms with E-state index >= 15 is 0 Å². The van der Waals surface area contributed by atoms with Crippen LogP contribution in [0.3, 0.4) is 0 Å². The second kappa shape index (κ2) is 6.01. The summed E-state index contributed by atoms with van der Waals surface area (Å²) in [5.41, 5.74) is 0. The molecule has 0 radical (unpaired) electrons. The molecule has 0 aromatic rings. The standard InChI is InChI=1S/C9H14Br2/c1-4-8(10)9(11)6-5-7(2)3/h4,7H,1,5-6H2,2-3H3/b9-8+. The highest BCUT2D eigenvalue weighted by Gasteiger charge is 1.99. The van der Waals surface area contributed by atoms with Crippen molar-refractivity contribution < 1.29 is 0 Å². The molecule has 0 atom stereocenters. The highest BCUT2D eigenvalue weighted by Crippen LogP contribution is 2.24. The van der Waals surface area contributed by atoms with Gasteiger partial charge >= 0.3 is 0 Å². The second-order valence-electron chi connectivity index (χ2n) is 2.89. The zero-order chi connectivity index (χ0) is 8.85. The lowest BCUT2D eigenvalue weighted by atomic mass is 10.1. The Kier molecular flexibility index (Phi) is 6.25. The van der Waals surface area contributed by atoms with Crippen molar-refractivity contribution in [3.05, 3.63) is 21.6 Å². The predicted molar refractivity (Wildman–Crippen MR) is 59.1 cm³/mol. The van der Waals surface area contributed by atoms with Crippen molar-refractivity contribution in [2.24, 2.45) is 5.92 Å². The summed E-state index contributed by atoms with van der Waals surface area (Å²) in [4.78, 5) is 0. The quantitative estimate of drug-likeness (QED) is 0.660. The summed E-state index contributed by atoms with van der Waals surface area (Å²) < 4.78 is 2.28. The molecule has 0 aliphatic rings. The van der Waals surface area contributed by atoms with Crippen LogP contribution in [0, 0.1) is 5.92 Å². The second-order valence-corrected chi connectivity index (χ2v) is 4.70. The first-order valence-corrected chi connectivity index (χ1v) is 5.33. The molecule has 0 bridgehead atoms. The Hall–Kier alpha value is 0.440. The van der Waals surface area contributed by atoms with E-state index in [-0.39, 0.29) is 0 Å². The average Bonchev–Trinajstić information content (AvgIpc) is 1.98. The maximum atomic E-state index is 3.67. The molecule has 0 aromatic heterocycles. The Morgan fingerprint density at radius 3 is 2.36 bits per heavy atom. The molecule has 0 N–H and O–H groups in total. The molecule has 11 heavy (non-hydrogen) atoms. The van der Waals surface area contributed by atoms with Gasteiger partial charge in [0.25, 0.3) is 0 Å². The van der Waals surface area contributed by atoms with Gasteiger partial charge in [0.15, 0.2) is 0 Å². The van der Waals surface area contributed by atoms with Crippen LogP contribution in [-0.2, 0) is 0 Å². The Bertz CT molecular complexity index is 157. The van der Waals surface area contributed by atoms with Crippen molar-refractivity contribution in [1.29, 1.82) is 0 Å². The van der Waals surface area contributed by atoms with Crippen LogP contribution < -0.4 is 0 Å². The summed E-state index contributed by atoms with van der Waals surface area (Å²) in [5, 5.41) is 0. The molecule has 0 fully saturated rings. The molecule has 0 saturated carbocycles. The van der Waals surface area contributed by atoms with Crippen molar-refractivity contribution in [3.8, 4) is 0 Å². The van der Waals surface area contributed by atoms with E-state index in [1.54, 1.807) is 0 Å². The summed E-state index contributed by atoms with van der Waals surface area (Å²) in [5.74, 6) is 0.757. The van der Waals surface area contributed by atoms with Crippen LogP contribution in [0.4, 0.5) is 0 Å². The Balaban J connectivity index is 3.85. The molecule has 0 nitrogen and oxygen atoms in total. The van der Waals surface area contributed by atoms with Gasteiger partial charge in [-0.2, -0.15) is 0 Å². The lowest BCUT2D eigenvalue weighted by molar-refractivity contribution is 0.592. The molecule has 0 amide bonds. The zero-order valence-corrected chi connectivity index (χ0v) is 10.2. The van der Waals surface area contributed by atoms with Gasteiger partial charge in [-0.15, -0.1) is 0 Å². The molecular weight excluding hydrogens is 268 g/mol. The zero-order valence-electron chi connectivity index (χ0n) is 7.03. The van der Waals surface area contributed by atoms with E-state index in [1.807, 2.05) is 6.08 Å². The number of rotatable bonds is 4. The summed E-state index contributed by atoms with van der Waals surface area (Å²) in [6.07, 6.45) is 4.11. The summed E-state index contributed by atoms with van der Waals surface area (Å²) in [7, 11) is 0. The fourth-order valence-corrected chi connectivity index (χ4v) is 1.23. The maximum Gasteiger partial charge on any atom is 0.0270 e. The highest BCUT2D eigenvalue weighted by molar-refractivity contribution is 9.14. The van der Waals surface area contributed by atoms with Crippen molar-refractivity contribution in [3.63, 3.8) is 0 Å². The predicted octanol–water partition coefficient (Wildman–Crippen LogP) is 4.61. The van der Waals surface area contributed by atoms with Crippen LogP contribution in [0.1, 0.15) is 26.7 Å². The van der Waals surface area contributed by atoms with Gasteiger partial charge in [-0.1, -0.05) is 42.4 Å². The SMILES string of the molecule is C=C/C(Br)=C(\Br)CCC(C)C. The Labute approximate surface area is 86.0 Å². The van der Waals surface area contributed by atoms with Gasteiger partial charge in [-0.25, -0.2) is 0 Å². The van der Waals surface area contributed by atoms with E-state index in [1.165, 1.54) is 10.9 Å². The first-order valence-electron chi connectivity index (χ1n) is 3.74. The lowest BCUT2D eigenvalue weighted by Crippen LogP contribution is -1.86. The van der Waals surface area contributed by atoms with Gasteiger partial charge in [0.05, 0.1) is 0 Å². The van der Waals surface area contributed by atoms with Gasteiger partial charge in [0.2, 0.25) is 0 Å². The van der Waals surface area contributed by atoms with E-state index in [0.29, 0.717) is 0 Å². The minimum absolute atomic E-state index is 0.757. The topological polar surface area (TPSA) is 0 Å². The molecule has 0 aliphatic heterocycles. The monoisotopic (exact) mass is 280 g/mol. The highest BCUT2D eigenvalue weighted by atomic mass is 79.9. The van der Waals surface area contributed by atoms with Crippen LogP contribution in [0.15, 0.2) is 21.6 Å². The van der Waals surface area contributed by atoms with E-state index in [9.17, 15) is 0 Å². The minimum atomic E-state index is 0.757. The average molecular weight is 282 g/mol. The first kappa shape index (κ1) is 11.4. The third-order valence-electron chi connectivity index (χ3n) is 1.38. The van der Waals surface area contributed by atoms with Crippen LogP contribution >= 0.6 is 31.9 Å². The fourth-order valence-electron chi connectivity index (χ4n) is 0.646. The van der Waals surface area contributed by atoms with Gasteiger partial charge in [-0.05, 0) is 34.7 Å². The number of allylic oxidation sites excluding steroid dienone is 3. The smallest absolute Gasteiger partial charge is 0.0270 e. The number of hydrogen-bond donors (Lipinski definition) is 0. The Morgan fingerprint density at radius 1 is 1.45 bits per heavy atom. The third kappa shape index (κ3) is 5.68. The fraction of sp³-hybridized carbons (Fsp3) is 0.556. The van der Waals surface area contributed by atoms with Gasteiger partial charge in [0.1, 0.15) is 0 Å². The summed E-state index contributed by atoms with van der Waals surface area (Å²) in [6.45, 7) is 8.12. The molecule has 0 aromatic carbocycles. The number of hydrogen-bond acceptors (Lipinski definition) is 0. The molecule has 0 rings (SSSR count). The molecule has 0 spiro atoms. The van der Waals surface area contributed by atoms with Crippen LogP contribution in [0.25, 0.3) is 0 Å². The third-order valence-corrected chi connectivity index (χ3v) is 3.54. The lowest BCUT2D eigenvalue weighted by Gasteiger charge is -2.03.